The molecule has 2 aromatic rings. The summed E-state index contributed by atoms with van der Waals surface area (Å²) in [6, 6.07) is 18.1. The van der Waals surface area contributed by atoms with Crippen LogP contribution in [0.15, 0.2) is 60.7 Å². The van der Waals surface area contributed by atoms with Crippen molar-refractivity contribution in [3.63, 3.8) is 0 Å². The second-order valence-corrected chi connectivity index (χ2v) is 5.73. The molecule has 116 valence electrons. The van der Waals surface area contributed by atoms with Crippen LogP contribution in [0.4, 0.5) is 0 Å². The van der Waals surface area contributed by atoms with Crippen LogP contribution in [0.1, 0.15) is 20.8 Å². The molecule has 4 heteroatoms. The van der Waals surface area contributed by atoms with Gasteiger partial charge in [-0.3, -0.25) is 0 Å². The van der Waals surface area contributed by atoms with Crippen molar-refractivity contribution in [2.24, 2.45) is 0 Å². The van der Waals surface area contributed by atoms with E-state index < -0.39 is 17.9 Å². The molecule has 0 aliphatic heterocycles. The number of para-hydroxylation sites is 2. The molecule has 0 radical (unpaired) electrons. The highest BCUT2D eigenvalue weighted by Gasteiger charge is 2.28. The molecular weight excluding hydrogens is 280 g/mol. The van der Waals surface area contributed by atoms with Crippen molar-refractivity contribution in [3.8, 4) is 11.5 Å². The van der Waals surface area contributed by atoms with Crippen molar-refractivity contribution in [1.82, 2.24) is 0 Å². The molecule has 0 amide bonds. The first-order valence-corrected chi connectivity index (χ1v) is 7.10. The van der Waals surface area contributed by atoms with Gasteiger partial charge in [-0.05, 0) is 45.0 Å². The fourth-order valence-corrected chi connectivity index (χ4v) is 1.72. The summed E-state index contributed by atoms with van der Waals surface area (Å²) in [6.07, 6.45) is -1.16. The first-order chi connectivity index (χ1) is 10.4. The van der Waals surface area contributed by atoms with Gasteiger partial charge in [-0.2, -0.15) is 0 Å². The number of hydrogen-bond donors (Lipinski definition) is 0. The highest BCUT2D eigenvalue weighted by molar-refractivity contribution is 5.74. The van der Waals surface area contributed by atoms with Gasteiger partial charge in [0.1, 0.15) is 17.1 Å². The van der Waals surface area contributed by atoms with Crippen LogP contribution in [-0.2, 0) is 9.53 Å². The van der Waals surface area contributed by atoms with Crippen LogP contribution in [-0.4, -0.2) is 17.9 Å². The average molecular weight is 300 g/mol. The van der Waals surface area contributed by atoms with Crippen LogP contribution >= 0.6 is 0 Å². The molecule has 2 rings (SSSR count). The van der Waals surface area contributed by atoms with Crippen LogP contribution in [0.3, 0.4) is 0 Å². The predicted molar refractivity (Wildman–Crippen MR) is 83.8 cm³/mol. The van der Waals surface area contributed by atoms with Gasteiger partial charge < -0.3 is 14.2 Å². The van der Waals surface area contributed by atoms with Gasteiger partial charge in [0.2, 0.25) is 0 Å². The van der Waals surface area contributed by atoms with Gasteiger partial charge in [0.15, 0.2) is 0 Å². The number of rotatable bonds is 5. The lowest BCUT2D eigenvalue weighted by Gasteiger charge is -2.24. The van der Waals surface area contributed by atoms with Crippen LogP contribution < -0.4 is 9.47 Å². The van der Waals surface area contributed by atoms with Crippen molar-refractivity contribution in [1.29, 1.82) is 0 Å². The summed E-state index contributed by atoms with van der Waals surface area (Å²) in [5, 5.41) is 0. The summed E-state index contributed by atoms with van der Waals surface area (Å²) in [7, 11) is 0. The van der Waals surface area contributed by atoms with Gasteiger partial charge in [-0.1, -0.05) is 36.4 Å². The highest BCUT2D eigenvalue weighted by Crippen LogP contribution is 2.18. The molecule has 4 nitrogen and oxygen atoms in total. The summed E-state index contributed by atoms with van der Waals surface area (Å²) < 4.78 is 16.6. The first kappa shape index (κ1) is 15.9. The lowest BCUT2D eigenvalue weighted by atomic mass is 10.2. The number of esters is 1. The van der Waals surface area contributed by atoms with E-state index in [4.69, 9.17) is 14.2 Å². The van der Waals surface area contributed by atoms with Gasteiger partial charge in [0.05, 0.1) is 0 Å². The predicted octanol–water partition coefficient (Wildman–Crippen LogP) is 3.81. The third kappa shape index (κ3) is 5.13. The van der Waals surface area contributed by atoms with E-state index >= 15 is 0 Å². The van der Waals surface area contributed by atoms with Gasteiger partial charge in [0, 0.05) is 0 Å². The number of carbonyl (C=O) groups excluding carboxylic acids is 1. The van der Waals surface area contributed by atoms with Crippen molar-refractivity contribution in [2.75, 3.05) is 0 Å². The Hall–Kier alpha value is -2.49. The van der Waals surface area contributed by atoms with E-state index in [9.17, 15) is 4.79 Å². The molecule has 0 bridgehead atoms. The SMILES string of the molecule is CC(C)(C)OC(=O)C(Oc1ccccc1)Oc1ccccc1. The fourth-order valence-electron chi connectivity index (χ4n) is 1.72. The summed E-state index contributed by atoms with van der Waals surface area (Å²) in [5.74, 6) is 0.504. The third-order valence-corrected chi connectivity index (χ3v) is 2.57. The molecule has 0 aliphatic carbocycles. The van der Waals surface area contributed by atoms with Gasteiger partial charge in [0.25, 0.3) is 0 Å². The van der Waals surface area contributed by atoms with Crippen LogP contribution in [0.5, 0.6) is 11.5 Å². The molecule has 0 heterocycles. The number of benzene rings is 2. The van der Waals surface area contributed by atoms with Crippen LogP contribution in [0.2, 0.25) is 0 Å². The molecule has 0 atom stereocenters. The van der Waals surface area contributed by atoms with E-state index in [0.29, 0.717) is 11.5 Å². The molecule has 0 saturated heterocycles. The topological polar surface area (TPSA) is 44.8 Å². The Kier molecular flexibility index (Phi) is 5.04. The van der Waals surface area contributed by atoms with E-state index in [0.717, 1.165) is 0 Å². The van der Waals surface area contributed by atoms with Crippen LogP contribution in [0, 0.1) is 0 Å². The lowest BCUT2D eigenvalue weighted by Crippen LogP contribution is -2.39. The van der Waals surface area contributed by atoms with Crippen LogP contribution in [0.25, 0.3) is 0 Å². The molecule has 22 heavy (non-hydrogen) atoms. The third-order valence-electron chi connectivity index (χ3n) is 2.57. The minimum atomic E-state index is -1.16. The number of carbonyl (C=O) groups is 1. The zero-order valence-corrected chi connectivity index (χ0v) is 13.0. The Labute approximate surface area is 130 Å². The standard InChI is InChI=1S/C18H20O4/c1-18(2,3)22-16(19)17(20-14-10-6-4-7-11-14)21-15-12-8-5-9-13-15/h4-13,17H,1-3H3. The van der Waals surface area contributed by atoms with Gasteiger partial charge in [-0.25, -0.2) is 4.79 Å². The van der Waals surface area contributed by atoms with E-state index in [2.05, 4.69) is 0 Å². The maximum atomic E-state index is 12.3. The summed E-state index contributed by atoms with van der Waals surface area (Å²) >= 11 is 0. The Morgan fingerprint density at radius 1 is 0.818 bits per heavy atom. The summed E-state index contributed by atoms with van der Waals surface area (Å²) in [6.45, 7) is 5.40. The second-order valence-electron chi connectivity index (χ2n) is 5.73. The van der Waals surface area contributed by atoms with E-state index in [-0.39, 0.29) is 0 Å². The molecular formula is C18H20O4. The molecule has 0 spiro atoms. The van der Waals surface area contributed by atoms with Gasteiger partial charge >= 0.3 is 12.3 Å². The molecule has 0 saturated carbocycles. The summed E-state index contributed by atoms with van der Waals surface area (Å²) in [5.41, 5.74) is -0.616. The molecule has 0 aliphatic rings. The second kappa shape index (κ2) is 6.98. The zero-order valence-electron chi connectivity index (χ0n) is 13.0. The lowest BCUT2D eigenvalue weighted by molar-refractivity contribution is -0.177. The Balaban J connectivity index is 2.14. The molecule has 0 unspecified atom stereocenters. The summed E-state index contributed by atoms with van der Waals surface area (Å²) in [4.78, 5) is 12.3. The van der Waals surface area contributed by atoms with Crippen molar-refractivity contribution < 1.29 is 19.0 Å². The molecule has 0 fully saturated rings. The normalized spacial score (nSPS) is 11.1. The molecule has 2 aromatic carbocycles. The fraction of sp³-hybridized carbons (Fsp3) is 0.278. The van der Waals surface area contributed by atoms with Crippen molar-refractivity contribution in [3.05, 3.63) is 60.7 Å². The average Bonchev–Trinajstić information content (AvgIpc) is 2.47. The number of ether oxygens (including phenoxy) is 3. The maximum absolute atomic E-state index is 12.3. The minimum absolute atomic E-state index is 0.536. The zero-order chi connectivity index (χ0) is 16.0. The Bertz CT molecular complexity index is 546. The minimum Gasteiger partial charge on any atom is -0.454 e. The van der Waals surface area contributed by atoms with Crippen molar-refractivity contribution in [2.45, 2.75) is 32.7 Å². The molecule has 0 N–H and O–H groups in total. The number of hydrogen-bond acceptors (Lipinski definition) is 4. The maximum Gasteiger partial charge on any atom is 0.390 e. The van der Waals surface area contributed by atoms with E-state index in [1.165, 1.54) is 0 Å². The smallest absolute Gasteiger partial charge is 0.390 e. The monoisotopic (exact) mass is 300 g/mol. The Morgan fingerprint density at radius 3 is 1.59 bits per heavy atom. The van der Waals surface area contributed by atoms with Gasteiger partial charge in [-0.15, -0.1) is 0 Å². The highest BCUT2D eigenvalue weighted by atomic mass is 16.7. The quantitative estimate of drug-likeness (QED) is 0.622. The van der Waals surface area contributed by atoms with E-state index in [1.54, 1.807) is 45.0 Å². The van der Waals surface area contributed by atoms with Crippen molar-refractivity contribution >= 4 is 5.97 Å². The Morgan fingerprint density at radius 2 is 1.23 bits per heavy atom. The molecule has 0 aromatic heterocycles. The largest absolute Gasteiger partial charge is 0.454 e. The first-order valence-electron chi connectivity index (χ1n) is 7.10. The van der Waals surface area contributed by atoms with E-state index in [1.807, 2.05) is 36.4 Å².